The first-order valence-electron chi connectivity index (χ1n) is 10.8. The van der Waals surface area contributed by atoms with Crippen LogP contribution in [0.5, 0.6) is 0 Å². The van der Waals surface area contributed by atoms with Gasteiger partial charge in [-0.1, -0.05) is 48.0 Å². The van der Waals surface area contributed by atoms with E-state index in [9.17, 15) is 4.79 Å². The second-order valence-corrected chi connectivity index (χ2v) is 11.1. The molecule has 1 heterocycles. The quantitative estimate of drug-likeness (QED) is 0.571. The number of likely N-dealkylation sites (tertiary alicyclic amines) is 1. The molecule has 0 aromatic carbocycles. The summed E-state index contributed by atoms with van der Waals surface area (Å²) in [6, 6.07) is 0.893. The Labute approximate surface area is 157 Å². The molecule has 25 heavy (non-hydrogen) atoms. The molecule has 146 valence electrons. The second kappa shape index (κ2) is 8.55. The van der Waals surface area contributed by atoms with Gasteiger partial charge in [-0.3, -0.25) is 4.79 Å². The zero-order chi connectivity index (χ0) is 18.7. The number of Topliss-reactive ketones (excluding diaryl/α,β-unsaturated/α-hetero) is 1. The molecule has 3 fully saturated rings. The molecule has 0 spiro atoms. The molecule has 0 radical (unpaired) electrons. The highest BCUT2D eigenvalue weighted by molar-refractivity contribution is 5.80. The van der Waals surface area contributed by atoms with Crippen molar-refractivity contribution in [2.45, 2.75) is 105 Å². The van der Waals surface area contributed by atoms with Crippen molar-refractivity contribution >= 4 is 5.78 Å². The highest BCUT2D eigenvalue weighted by Gasteiger charge is 2.35. The summed E-state index contributed by atoms with van der Waals surface area (Å²) < 4.78 is 0. The van der Waals surface area contributed by atoms with Crippen molar-refractivity contribution in [2.24, 2.45) is 22.7 Å². The Morgan fingerprint density at radius 1 is 0.840 bits per heavy atom. The van der Waals surface area contributed by atoms with Crippen molar-refractivity contribution in [3.05, 3.63) is 0 Å². The van der Waals surface area contributed by atoms with Crippen LogP contribution in [0, 0.1) is 22.7 Å². The van der Waals surface area contributed by atoms with E-state index in [1.54, 1.807) is 0 Å². The summed E-state index contributed by atoms with van der Waals surface area (Å²) in [4.78, 5) is 13.9. The molecule has 2 nitrogen and oxygen atoms in total. The van der Waals surface area contributed by atoms with E-state index < -0.39 is 0 Å². The van der Waals surface area contributed by atoms with Gasteiger partial charge in [-0.05, 0) is 74.3 Å². The third-order valence-electron chi connectivity index (χ3n) is 6.42. The van der Waals surface area contributed by atoms with E-state index >= 15 is 0 Å². The van der Waals surface area contributed by atoms with Crippen LogP contribution in [0.15, 0.2) is 0 Å². The van der Waals surface area contributed by atoms with Crippen molar-refractivity contribution in [1.82, 2.24) is 4.90 Å². The maximum atomic E-state index is 11.1. The maximum absolute atomic E-state index is 11.1. The molecule has 2 saturated carbocycles. The summed E-state index contributed by atoms with van der Waals surface area (Å²) in [5, 5.41) is 0. The lowest BCUT2D eigenvalue weighted by Gasteiger charge is -2.45. The zero-order valence-electron chi connectivity index (χ0n) is 17.9. The summed E-state index contributed by atoms with van der Waals surface area (Å²) in [6.45, 7) is 16.6. The number of carbonyl (C=O) groups excluding carboxylic acids is 1. The van der Waals surface area contributed by atoms with Crippen LogP contribution in [0.2, 0.25) is 0 Å². The van der Waals surface area contributed by atoms with Crippen LogP contribution < -0.4 is 0 Å². The van der Waals surface area contributed by atoms with Crippen molar-refractivity contribution in [3.8, 4) is 0 Å². The minimum atomic E-state index is 0.273. The Hall–Kier alpha value is -0.370. The summed E-state index contributed by atoms with van der Waals surface area (Å²) in [5.74, 6) is 1.99. The van der Waals surface area contributed by atoms with Gasteiger partial charge in [-0.15, -0.1) is 0 Å². The fraction of sp³-hybridized carbons (Fsp3) is 0.957. The van der Waals surface area contributed by atoms with Gasteiger partial charge in [0, 0.05) is 18.9 Å². The molecule has 0 amide bonds. The Bertz CT molecular complexity index is 433. The SMILES string of the molecule is CC1CC(=O)CC(C)(C)C1.CC1CC(N2CCCCC2)CC(C)(C)C1. The predicted octanol–water partition coefficient (Wildman–Crippen LogP) is 6.09. The minimum absolute atomic E-state index is 0.273. The van der Waals surface area contributed by atoms with Gasteiger partial charge in [0.25, 0.3) is 0 Å². The monoisotopic (exact) mass is 349 g/mol. The van der Waals surface area contributed by atoms with Crippen molar-refractivity contribution in [2.75, 3.05) is 13.1 Å². The van der Waals surface area contributed by atoms with Crippen molar-refractivity contribution in [3.63, 3.8) is 0 Å². The third kappa shape index (κ3) is 7.04. The first-order chi connectivity index (χ1) is 11.6. The van der Waals surface area contributed by atoms with E-state index in [0.29, 0.717) is 17.1 Å². The van der Waals surface area contributed by atoms with Crippen LogP contribution >= 0.6 is 0 Å². The molecule has 3 aliphatic rings. The summed E-state index contributed by atoms with van der Waals surface area (Å²) in [6.07, 6.45) is 11.4. The van der Waals surface area contributed by atoms with Crippen LogP contribution in [-0.4, -0.2) is 29.8 Å². The maximum Gasteiger partial charge on any atom is 0.133 e. The van der Waals surface area contributed by atoms with Crippen LogP contribution in [-0.2, 0) is 4.79 Å². The molecule has 0 bridgehead atoms. The normalized spacial score (nSPS) is 35.6. The molecule has 0 N–H and O–H groups in total. The number of piperidine rings is 1. The van der Waals surface area contributed by atoms with Crippen LogP contribution in [0.1, 0.15) is 99.3 Å². The molecule has 1 aliphatic heterocycles. The lowest BCUT2D eigenvalue weighted by molar-refractivity contribution is -0.124. The Kier molecular flexibility index (Phi) is 7.16. The van der Waals surface area contributed by atoms with E-state index in [4.69, 9.17) is 0 Å². The third-order valence-corrected chi connectivity index (χ3v) is 6.42. The van der Waals surface area contributed by atoms with E-state index in [2.05, 4.69) is 46.4 Å². The molecule has 3 atom stereocenters. The molecule has 3 rings (SSSR count). The number of hydrogen-bond donors (Lipinski definition) is 0. The summed E-state index contributed by atoms with van der Waals surface area (Å²) in [7, 11) is 0. The molecular formula is C23H43NO. The van der Waals surface area contributed by atoms with Gasteiger partial charge in [0.2, 0.25) is 0 Å². The zero-order valence-corrected chi connectivity index (χ0v) is 17.9. The number of hydrogen-bond acceptors (Lipinski definition) is 2. The van der Waals surface area contributed by atoms with Gasteiger partial charge in [-0.25, -0.2) is 0 Å². The van der Waals surface area contributed by atoms with Gasteiger partial charge in [0.1, 0.15) is 5.78 Å². The average Bonchev–Trinajstić information content (AvgIpc) is 2.44. The average molecular weight is 350 g/mol. The Morgan fingerprint density at radius 2 is 1.44 bits per heavy atom. The fourth-order valence-corrected chi connectivity index (χ4v) is 5.94. The van der Waals surface area contributed by atoms with Gasteiger partial charge in [0.15, 0.2) is 0 Å². The van der Waals surface area contributed by atoms with Gasteiger partial charge >= 0.3 is 0 Å². The van der Waals surface area contributed by atoms with E-state index in [-0.39, 0.29) is 5.41 Å². The number of nitrogens with zero attached hydrogens (tertiary/aromatic N) is 1. The highest BCUT2D eigenvalue weighted by Crippen LogP contribution is 2.41. The van der Waals surface area contributed by atoms with Crippen molar-refractivity contribution < 1.29 is 4.79 Å². The fourth-order valence-electron chi connectivity index (χ4n) is 5.94. The van der Waals surface area contributed by atoms with E-state index in [0.717, 1.165) is 24.8 Å². The van der Waals surface area contributed by atoms with E-state index in [1.807, 2.05) is 0 Å². The molecule has 0 aromatic heterocycles. The van der Waals surface area contributed by atoms with Crippen LogP contribution in [0.4, 0.5) is 0 Å². The molecule has 3 unspecified atom stereocenters. The van der Waals surface area contributed by atoms with Gasteiger partial charge in [-0.2, -0.15) is 0 Å². The molecule has 2 heteroatoms. The van der Waals surface area contributed by atoms with Crippen LogP contribution in [0.3, 0.4) is 0 Å². The lowest BCUT2D eigenvalue weighted by atomic mass is 9.70. The summed E-state index contributed by atoms with van der Waals surface area (Å²) >= 11 is 0. The molecule has 2 aliphatic carbocycles. The predicted molar refractivity (Wildman–Crippen MR) is 108 cm³/mol. The topological polar surface area (TPSA) is 20.3 Å². The Balaban J connectivity index is 0.000000196. The smallest absolute Gasteiger partial charge is 0.133 e. The second-order valence-electron chi connectivity index (χ2n) is 11.1. The molecular weight excluding hydrogens is 306 g/mol. The minimum Gasteiger partial charge on any atom is -0.300 e. The van der Waals surface area contributed by atoms with Gasteiger partial charge < -0.3 is 4.90 Å². The highest BCUT2D eigenvalue weighted by atomic mass is 16.1. The van der Waals surface area contributed by atoms with Crippen LogP contribution in [0.25, 0.3) is 0 Å². The van der Waals surface area contributed by atoms with Crippen molar-refractivity contribution in [1.29, 1.82) is 0 Å². The Morgan fingerprint density at radius 3 is 1.96 bits per heavy atom. The number of ketones is 1. The van der Waals surface area contributed by atoms with Gasteiger partial charge in [0.05, 0.1) is 0 Å². The number of carbonyl (C=O) groups is 1. The standard InChI is InChI=1S/C14H27N.C9H16O/c1-12-9-13(11-14(2,3)10-12)15-7-5-4-6-8-15;1-7-4-8(10)6-9(2,3)5-7/h12-13H,4-11H2,1-3H3;7H,4-6H2,1-3H3. The molecule has 1 saturated heterocycles. The first-order valence-corrected chi connectivity index (χ1v) is 10.8. The number of rotatable bonds is 1. The first kappa shape index (κ1) is 20.9. The molecule has 0 aromatic rings. The summed E-state index contributed by atoms with van der Waals surface area (Å²) in [5.41, 5.74) is 0.856. The lowest BCUT2D eigenvalue weighted by Crippen LogP contribution is -2.45. The van der Waals surface area contributed by atoms with E-state index in [1.165, 1.54) is 58.0 Å². The largest absolute Gasteiger partial charge is 0.300 e.